The highest BCUT2D eigenvalue weighted by atomic mass is 19.1. The fraction of sp³-hybridized carbons (Fsp3) is 0.353. The number of nitrogens with one attached hydrogen (secondary N) is 1. The van der Waals surface area contributed by atoms with Crippen LogP contribution in [0.15, 0.2) is 48.8 Å². The minimum Gasteiger partial charge on any atom is -0.354 e. The Bertz CT molecular complexity index is 596. The smallest absolute Gasteiger partial charge is 0.221 e. The lowest BCUT2D eigenvalue weighted by molar-refractivity contribution is -0.121. The molecule has 0 aliphatic rings. The maximum absolute atomic E-state index is 13.4. The van der Waals surface area contributed by atoms with Crippen LogP contribution >= 0.6 is 0 Å². The van der Waals surface area contributed by atoms with Crippen LogP contribution in [0.3, 0.4) is 0 Å². The maximum atomic E-state index is 13.4. The Labute approximate surface area is 130 Å². The fourth-order valence-corrected chi connectivity index (χ4v) is 2.36. The van der Waals surface area contributed by atoms with Gasteiger partial charge in [-0.15, -0.1) is 0 Å². The van der Waals surface area contributed by atoms with E-state index in [2.05, 4.69) is 5.32 Å². The van der Waals surface area contributed by atoms with Crippen molar-refractivity contribution in [3.05, 3.63) is 60.2 Å². The van der Waals surface area contributed by atoms with E-state index < -0.39 is 0 Å². The molecule has 0 saturated heterocycles. The van der Waals surface area contributed by atoms with Gasteiger partial charge in [0.25, 0.3) is 0 Å². The van der Waals surface area contributed by atoms with Crippen molar-refractivity contribution >= 4 is 5.91 Å². The van der Waals surface area contributed by atoms with Crippen LogP contribution in [-0.2, 0) is 11.3 Å². The van der Waals surface area contributed by atoms with Crippen LogP contribution in [0.5, 0.6) is 0 Å². The summed E-state index contributed by atoms with van der Waals surface area (Å²) in [5.74, 6) is -0.264. The normalized spacial score (nSPS) is 12.4. The molecule has 1 aromatic heterocycles. The van der Waals surface area contributed by atoms with E-state index in [1.54, 1.807) is 6.07 Å². The molecule has 0 saturated carbocycles. The Kier molecular flexibility index (Phi) is 5.72. The molecule has 0 unspecified atom stereocenters. The van der Waals surface area contributed by atoms with Gasteiger partial charge in [0, 0.05) is 31.9 Å². The quantitative estimate of drug-likeness (QED) is 0.853. The summed E-state index contributed by atoms with van der Waals surface area (Å²) < 4.78 is 15.3. The molecule has 0 bridgehead atoms. The molecule has 118 valence electrons. The Morgan fingerprint density at radius 3 is 2.64 bits per heavy atom. The largest absolute Gasteiger partial charge is 0.354 e. The molecule has 0 radical (unpaired) electrons. The van der Waals surface area contributed by atoms with Crippen LogP contribution in [0.4, 0.5) is 4.39 Å². The fourth-order valence-electron chi connectivity index (χ4n) is 2.36. The van der Waals surface area contributed by atoms with Crippen molar-refractivity contribution in [2.24, 2.45) is 0 Å². The number of hydrogen-bond donors (Lipinski definition) is 1. The molecule has 4 nitrogen and oxygen atoms in total. The summed E-state index contributed by atoms with van der Waals surface area (Å²) in [6.07, 6.45) is 4.29. The summed E-state index contributed by atoms with van der Waals surface area (Å²) >= 11 is 0. The van der Waals surface area contributed by atoms with Gasteiger partial charge in [0.05, 0.1) is 6.04 Å². The van der Waals surface area contributed by atoms with Crippen LogP contribution in [-0.4, -0.2) is 36.0 Å². The second kappa shape index (κ2) is 7.75. The zero-order chi connectivity index (χ0) is 15.9. The number of hydrogen-bond acceptors (Lipinski definition) is 2. The standard InChI is InChI=1S/C17H22FN3O/c1-20(2)16(14-6-5-7-15(18)12-14)13-19-17(22)8-11-21-9-3-4-10-21/h3-7,9-10,12,16H,8,11,13H2,1-2H3,(H,19,22)/t16-/m1/s1. The van der Waals surface area contributed by atoms with E-state index in [-0.39, 0.29) is 17.8 Å². The van der Waals surface area contributed by atoms with Gasteiger partial charge < -0.3 is 14.8 Å². The van der Waals surface area contributed by atoms with Crippen LogP contribution in [0.2, 0.25) is 0 Å². The van der Waals surface area contributed by atoms with Gasteiger partial charge in [-0.1, -0.05) is 12.1 Å². The molecular formula is C17H22FN3O. The summed E-state index contributed by atoms with van der Waals surface area (Å²) in [5, 5.41) is 2.93. The predicted octanol–water partition coefficient (Wildman–Crippen LogP) is 2.44. The van der Waals surface area contributed by atoms with Crippen molar-refractivity contribution in [1.29, 1.82) is 0 Å². The molecule has 0 aliphatic heterocycles. The lowest BCUT2D eigenvalue weighted by Gasteiger charge is -2.25. The molecule has 1 N–H and O–H groups in total. The Morgan fingerprint density at radius 2 is 2.00 bits per heavy atom. The molecule has 1 atom stereocenters. The lowest BCUT2D eigenvalue weighted by atomic mass is 10.1. The molecule has 1 aromatic carbocycles. The van der Waals surface area contributed by atoms with E-state index in [1.165, 1.54) is 12.1 Å². The molecule has 0 aliphatic carbocycles. The molecule has 0 spiro atoms. The summed E-state index contributed by atoms with van der Waals surface area (Å²) in [6.45, 7) is 1.12. The minimum atomic E-state index is -0.261. The van der Waals surface area contributed by atoms with Gasteiger partial charge in [0.2, 0.25) is 5.91 Å². The first-order valence-electron chi connectivity index (χ1n) is 7.35. The Hall–Kier alpha value is -2.14. The number of carbonyl (C=O) groups is 1. The van der Waals surface area contributed by atoms with E-state index in [0.717, 1.165) is 5.56 Å². The van der Waals surface area contributed by atoms with Crippen molar-refractivity contribution in [2.45, 2.75) is 19.0 Å². The Morgan fingerprint density at radius 1 is 1.27 bits per heavy atom. The van der Waals surface area contributed by atoms with Gasteiger partial charge in [-0.2, -0.15) is 0 Å². The average molecular weight is 303 g/mol. The van der Waals surface area contributed by atoms with Crippen LogP contribution < -0.4 is 5.32 Å². The van der Waals surface area contributed by atoms with E-state index >= 15 is 0 Å². The topological polar surface area (TPSA) is 37.3 Å². The first-order valence-corrected chi connectivity index (χ1v) is 7.35. The molecule has 0 fully saturated rings. The number of amides is 1. The number of rotatable bonds is 7. The number of halogens is 1. The summed E-state index contributed by atoms with van der Waals surface area (Å²) in [5.41, 5.74) is 0.857. The van der Waals surface area contributed by atoms with Crippen molar-refractivity contribution in [1.82, 2.24) is 14.8 Å². The maximum Gasteiger partial charge on any atom is 0.221 e. The summed E-state index contributed by atoms with van der Waals surface area (Å²) in [6, 6.07) is 10.3. The van der Waals surface area contributed by atoms with Crippen molar-refractivity contribution in [3.63, 3.8) is 0 Å². The number of carbonyl (C=O) groups excluding carboxylic acids is 1. The Balaban J connectivity index is 1.87. The van der Waals surface area contributed by atoms with E-state index in [0.29, 0.717) is 19.5 Å². The van der Waals surface area contributed by atoms with Crippen LogP contribution in [0.1, 0.15) is 18.0 Å². The average Bonchev–Trinajstić information content (AvgIpc) is 2.98. The van der Waals surface area contributed by atoms with E-state index in [9.17, 15) is 9.18 Å². The molecule has 1 heterocycles. The predicted molar refractivity (Wildman–Crippen MR) is 84.9 cm³/mol. The third kappa shape index (κ3) is 4.70. The van der Waals surface area contributed by atoms with E-state index in [4.69, 9.17) is 0 Å². The second-order valence-corrected chi connectivity index (χ2v) is 5.51. The van der Waals surface area contributed by atoms with Crippen LogP contribution in [0, 0.1) is 5.82 Å². The number of benzene rings is 1. The van der Waals surface area contributed by atoms with Gasteiger partial charge in [0.15, 0.2) is 0 Å². The van der Waals surface area contributed by atoms with Gasteiger partial charge in [-0.25, -0.2) is 4.39 Å². The summed E-state index contributed by atoms with van der Waals surface area (Å²) in [7, 11) is 3.84. The van der Waals surface area contributed by atoms with Crippen molar-refractivity contribution in [3.8, 4) is 0 Å². The molecule has 22 heavy (non-hydrogen) atoms. The molecule has 2 rings (SSSR count). The first-order chi connectivity index (χ1) is 10.6. The first kappa shape index (κ1) is 16.2. The van der Waals surface area contributed by atoms with Gasteiger partial charge in [0.1, 0.15) is 5.82 Å². The number of likely N-dealkylation sites (N-methyl/N-ethyl adjacent to an activating group) is 1. The lowest BCUT2D eigenvalue weighted by Crippen LogP contribution is -2.34. The number of nitrogens with zero attached hydrogens (tertiary/aromatic N) is 2. The third-order valence-corrected chi connectivity index (χ3v) is 3.61. The monoisotopic (exact) mass is 303 g/mol. The van der Waals surface area contributed by atoms with E-state index in [1.807, 2.05) is 54.2 Å². The molecule has 5 heteroatoms. The highest BCUT2D eigenvalue weighted by molar-refractivity contribution is 5.75. The zero-order valence-electron chi connectivity index (χ0n) is 13.0. The zero-order valence-corrected chi connectivity index (χ0v) is 13.0. The van der Waals surface area contributed by atoms with Gasteiger partial charge >= 0.3 is 0 Å². The SMILES string of the molecule is CN(C)[C@H](CNC(=O)CCn1cccc1)c1cccc(F)c1. The molecule has 2 aromatic rings. The third-order valence-electron chi connectivity index (χ3n) is 3.61. The highest BCUT2D eigenvalue weighted by Gasteiger charge is 2.15. The van der Waals surface area contributed by atoms with Crippen LogP contribution in [0.25, 0.3) is 0 Å². The van der Waals surface area contributed by atoms with Gasteiger partial charge in [-0.3, -0.25) is 4.79 Å². The number of aromatic nitrogens is 1. The van der Waals surface area contributed by atoms with Crippen molar-refractivity contribution in [2.75, 3.05) is 20.6 Å². The number of aryl methyl sites for hydroxylation is 1. The summed E-state index contributed by atoms with van der Waals surface area (Å²) in [4.78, 5) is 13.9. The van der Waals surface area contributed by atoms with Gasteiger partial charge in [-0.05, 0) is 43.9 Å². The molecular weight excluding hydrogens is 281 g/mol. The second-order valence-electron chi connectivity index (χ2n) is 5.51. The molecule has 1 amide bonds. The highest BCUT2D eigenvalue weighted by Crippen LogP contribution is 2.18. The van der Waals surface area contributed by atoms with Crippen molar-refractivity contribution < 1.29 is 9.18 Å². The minimum absolute atomic E-state index is 0.00282.